The Morgan fingerprint density at radius 1 is 1.32 bits per heavy atom. The topological polar surface area (TPSA) is 102 Å². The van der Waals surface area contributed by atoms with Crippen LogP contribution in [-0.2, 0) is 22.7 Å². The number of β-amino-alcohol motifs (C(OH)–C–C–N with tert-alkyl or cyclic N) is 1. The lowest BCUT2D eigenvalue weighted by atomic mass is 9.88. The van der Waals surface area contributed by atoms with E-state index in [2.05, 4.69) is 15.5 Å². The first-order valence-corrected chi connectivity index (χ1v) is 9.68. The molecule has 0 saturated carbocycles. The molecule has 0 aliphatic carbocycles. The minimum absolute atomic E-state index is 0.0160. The van der Waals surface area contributed by atoms with E-state index in [1.165, 1.54) is 0 Å². The standard InChI is InChI=1S/C20H26N4O4/c1-12(20(28)10-21-11-20)23(2)8-13-3-4-14-9-24(19(27)15(14)7-13)16-5-6-17(25)22-18(16)26/h3-4,7,12,16,21,28H,5-6,8-11H2,1-2H3,(H,22,25,26). The number of aliphatic hydroxyl groups is 1. The summed E-state index contributed by atoms with van der Waals surface area (Å²) in [5, 5.41) is 15.9. The highest BCUT2D eigenvalue weighted by atomic mass is 16.3. The van der Waals surface area contributed by atoms with Crippen LogP contribution < -0.4 is 10.6 Å². The van der Waals surface area contributed by atoms with Gasteiger partial charge in [-0.05, 0) is 37.6 Å². The molecule has 0 bridgehead atoms. The first kappa shape index (κ1) is 19.0. The van der Waals surface area contributed by atoms with Crippen molar-refractivity contribution in [3.05, 3.63) is 34.9 Å². The van der Waals surface area contributed by atoms with Crippen molar-refractivity contribution >= 4 is 17.7 Å². The number of hydrogen-bond acceptors (Lipinski definition) is 6. The third-order valence-electron chi connectivity index (χ3n) is 6.33. The number of nitrogens with one attached hydrogen (secondary N) is 2. The average molecular weight is 386 g/mol. The van der Waals surface area contributed by atoms with E-state index in [0.717, 1.165) is 11.1 Å². The molecule has 8 nitrogen and oxygen atoms in total. The van der Waals surface area contributed by atoms with Gasteiger partial charge in [0.2, 0.25) is 11.8 Å². The van der Waals surface area contributed by atoms with Gasteiger partial charge in [0.15, 0.2) is 0 Å². The Morgan fingerprint density at radius 3 is 2.71 bits per heavy atom. The Morgan fingerprint density at radius 2 is 2.07 bits per heavy atom. The van der Waals surface area contributed by atoms with Crippen molar-refractivity contribution in [2.75, 3.05) is 20.1 Å². The predicted octanol–water partition coefficient (Wildman–Crippen LogP) is -0.398. The van der Waals surface area contributed by atoms with Crippen LogP contribution in [0.2, 0.25) is 0 Å². The molecule has 2 unspecified atom stereocenters. The molecule has 0 spiro atoms. The fourth-order valence-corrected chi connectivity index (χ4v) is 4.21. The maximum Gasteiger partial charge on any atom is 0.255 e. The van der Waals surface area contributed by atoms with Crippen LogP contribution in [0.25, 0.3) is 0 Å². The Kier molecular flexibility index (Phi) is 4.73. The zero-order valence-corrected chi connectivity index (χ0v) is 16.2. The Bertz CT molecular complexity index is 835. The maximum absolute atomic E-state index is 12.9. The Balaban J connectivity index is 1.47. The van der Waals surface area contributed by atoms with Crippen LogP contribution in [-0.4, -0.2) is 70.4 Å². The Labute approximate surface area is 163 Å². The van der Waals surface area contributed by atoms with Gasteiger partial charge >= 0.3 is 0 Å². The molecule has 8 heteroatoms. The molecular formula is C20H26N4O4. The van der Waals surface area contributed by atoms with Crippen LogP contribution in [0.3, 0.4) is 0 Å². The highest BCUT2D eigenvalue weighted by Gasteiger charge is 2.42. The van der Waals surface area contributed by atoms with Crippen LogP contribution in [0, 0.1) is 0 Å². The zero-order chi connectivity index (χ0) is 20.1. The summed E-state index contributed by atoms with van der Waals surface area (Å²) in [4.78, 5) is 40.1. The number of imide groups is 1. The summed E-state index contributed by atoms with van der Waals surface area (Å²) >= 11 is 0. The van der Waals surface area contributed by atoms with Crippen LogP contribution >= 0.6 is 0 Å². The monoisotopic (exact) mass is 386 g/mol. The molecule has 3 N–H and O–H groups in total. The predicted molar refractivity (Wildman–Crippen MR) is 101 cm³/mol. The highest BCUT2D eigenvalue weighted by Crippen LogP contribution is 2.29. The smallest absolute Gasteiger partial charge is 0.255 e. The molecule has 1 aromatic rings. The van der Waals surface area contributed by atoms with Crippen LogP contribution in [0.1, 0.15) is 41.3 Å². The fraction of sp³-hybridized carbons (Fsp3) is 0.550. The lowest BCUT2D eigenvalue weighted by molar-refractivity contribution is -0.136. The van der Waals surface area contributed by atoms with Gasteiger partial charge in [0, 0.05) is 44.2 Å². The van der Waals surface area contributed by atoms with Gasteiger partial charge in [-0.1, -0.05) is 12.1 Å². The molecule has 1 aromatic carbocycles. The van der Waals surface area contributed by atoms with E-state index < -0.39 is 17.6 Å². The average Bonchev–Trinajstić information content (AvgIpc) is 2.95. The summed E-state index contributed by atoms with van der Waals surface area (Å²) in [6, 6.07) is 5.20. The molecule has 3 heterocycles. The third kappa shape index (κ3) is 3.21. The Hall–Kier alpha value is -2.29. The molecule has 0 aromatic heterocycles. The largest absolute Gasteiger partial charge is 0.386 e. The van der Waals surface area contributed by atoms with Crippen LogP contribution in [0.15, 0.2) is 18.2 Å². The lowest BCUT2D eigenvalue weighted by Crippen LogP contribution is -2.68. The quantitative estimate of drug-likeness (QED) is 0.596. The molecule has 3 amide bonds. The number of piperidine rings is 1. The molecule has 2 saturated heterocycles. The number of hydrogen-bond donors (Lipinski definition) is 3. The number of rotatable bonds is 5. The number of carbonyl (C=O) groups is 3. The van der Waals surface area contributed by atoms with Gasteiger partial charge in [-0.2, -0.15) is 0 Å². The molecule has 2 fully saturated rings. The molecule has 4 rings (SSSR count). The molecule has 0 radical (unpaired) electrons. The second-order valence-electron chi connectivity index (χ2n) is 8.19. The third-order valence-corrected chi connectivity index (χ3v) is 6.33. The van der Waals surface area contributed by atoms with Gasteiger partial charge in [0.1, 0.15) is 11.6 Å². The van der Waals surface area contributed by atoms with E-state index in [4.69, 9.17) is 0 Å². The number of nitrogens with zero attached hydrogens (tertiary/aromatic N) is 2. The number of fused-ring (bicyclic) bond motifs is 1. The van der Waals surface area contributed by atoms with Crippen LogP contribution in [0.4, 0.5) is 0 Å². The first-order valence-electron chi connectivity index (χ1n) is 9.68. The van der Waals surface area contributed by atoms with Crippen molar-refractivity contribution in [1.82, 2.24) is 20.4 Å². The second kappa shape index (κ2) is 6.95. The molecule has 2 atom stereocenters. The van der Waals surface area contributed by atoms with E-state index in [1.807, 2.05) is 32.2 Å². The SMILES string of the molecule is CC(N(C)Cc1ccc2c(c1)C(=O)N(C1CCC(=O)NC1=O)C2)C1(O)CNC1. The van der Waals surface area contributed by atoms with E-state index >= 15 is 0 Å². The van der Waals surface area contributed by atoms with Gasteiger partial charge in [-0.25, -0.2) is 0 Å². The fourth-order valence-electron chi connectivity index (χ4n) is 4.21. The zero-order valence-electron chi connectivity index (χ0n) is 16.2. The van der Waals surface area contributed by atoms with Gasteiger partial charge < -0.3 is 15.3 Å². The summed E-state index contributed by atoms with van der Waals surface area (Å²) in [5.41, 5.74) is 1.79. The maximum atomic E-state index is 12.9. The molecule has 3 aliphatic heterocycles. The van der Waals surface area contributed by atoms with E-state index in [1.54, 1.807) is 4.90 Å². The van der Waals surface area contributed by atoms with E-state index in [9.17, 15) is 19.5 Å². The summed E-state index contributed by atoms with van der Waals surface area (Å²) in [5.74, 6) is -0.842. The van der Waals surface area contributed by atoms with Gasteiger partial charge in [-0.3, -0.25) is 24.6 Å². The van der Waals surface area contributed by atoms with E-state index in [-0.39, 0.29) is 24.3 Å². The normalized spacial score (nSPS) is 24.8. The van der Waals surface area contributed by atoms with Gasteiger partial charge in [-0.15, -0.1) is 0 Å². The molecule has 150 valence electrons. The molecule has 28 heavy (non-hydrogen) atoms. The number of likely N-dealkylation sites (N-methyl/N-ethyl adjacent to an activating group) is 1. The molecular weight excluding hydrogens is 360 g/mol. The summed E-state index contributed by atoms with van der Waals surface area (Å²) < 4.78 is 0. The van der Waals surface area contributed by atoms with Gasteiger partial charge in [0.05, 0.1) is 0 Å². The first-order chi connectivity index (χ1) is 13.3. The van der Waals surface area contributed by atoms with Crippen molar-refractivity contribution < 1.29 is 19.5 Å². The number of carbonyl (C=O) groups excluding carboxylic acids is 3. The molecule has 3 aliphatic rings. The van der Waals surface area contributed by atoms with Crippen molar-refractivity contribution in [1.29, 1.82) is 0 Å². The minimum Gasteiger partial charge on any atom is -0.386 e. The lowest BCUT2D eigenvalue weighted by Gasteiger charge is -2.46. The van der Waals surface area contributed by atoms with E-state index in [0.29, 0.717) is 38.2 Å². The summed E-state index contributed by atoms with van der Waals surface area (Å²) in [6.45, 7) is 4.18. The number of amides is 3. The second-order valence-corrected chi connectivity index (χ2v) is 8.19. The van der Waals surface area contributed by atoms with Crippen molar-refractivity contribution in [3.8, 4) is 0 Å². The minimum atomic E-state index is -0.718. The van der Waals surface area contributed by atoms with Crippen LogP contribution in [0.5, 0.6) is 0 Å². The summed E-state index contributed by atoms with van der Waals surface area (Å²) in [7, 11) is 1.96. The van der Waals surface area contributed by atoms with Crippen molar-refractivity contribution in [3.63, 3.8) is 0 Å². The summed E-state index contributed by atoms with van der Waals surface area (Å²) in [6.07, 6.45) is 0.617. The highest BCUT2D eigenvalue weighted by molar-refractivity contribution is 6.05. The van der Waals surface area contributed by atoms with Crippen molar-refractivity contribution in [2.24, 2.45) is 0 Å². The number of benzene rings is 1. The van der Waals surface area contributed by atoms with Crippen molar-refractivity contribution in [2.45, 2.75) is 50.5 Å². The van der Waals surface area contributed by atoms with Gasteiger partial charge in [0.25, 0.3) is 5.91 Å².